The van der Waals surface area contributed by atoms with E-state index in [-0.39, 0.29) is 12.0 Å². The Morgan fingerprint density at radius 1 is 1.41 bits per heavy atom. The fourth-order valence-electron chi connectivity index (χ4n) is 1.84. The molecule has 17 heavy (non-hydrogen) atoms. The lowest BCUT2D eigenvalue weighted by Gasteiger charge is -2.29. The van der Waals surface area contributed by atoms with Crippen molar-refractivity contribution in [2.45, 2.75) is 26.8 Å². The van der Waals surface area contributed by atoms with Crippen LogP contribution < -0.4 is 0 Å². The van der Waals surface area contributed by atoms with E-state index in [0.29, 0.717) is 6.54 Å². The van der Waals surface area contributed by atoms with Gasteiger partial charge in [-0.25, -0.2) is 0 Å². The van der Waals surface area contributed by atoms with Gasteiger partial charge in [0.2, 0.25) is 0 Å². The zero-order valence-electron chi connectivity index (χ0n) is 10.6. The highest BCUT2D eigenvalue weighted by Gasteiger charge is 2.20. The molecule has 0 saturated carbocycles. The number of carboxylic acids is 1. The summed E-state index contributed by atoms with van der Waals surface area (Å²) >= 11 is 0. The predicted molar refractivity (Wildman–Crippen MR) is 66.7 cm³/mol. The van der Waals surface area contributed by atoms with E-state index >= 15 is 0 Å². The van der Waals surface area contributed by atoms with E-state index in [1.807, 2.05) is 19.1 Å². The molecule has 94 valence electrons. The molecule has 4 nitrogen and oxygen atoms in total. The van der Waals surface area contributed by atoms with Crippen LogP contribution in [-0.2, 0) is 4.79 Å². The first-order valence-electron chi connectivity index (χ1n) is 5.93. The first-order chi connectivity index (χ1) is 8.06. The molecule has 1 heterocycles. The topological polar surface area (TPSA) is 53.4 Å². The number of pyridine rings is 1. The van der Waals surface area contributed by atoms with Gasteiger partial charge in [0.25, 0.3) is 0 Å². The lowest BCUT2D eigenvalue weighted by Crippen LogP contribution is -2.33. The highest BCUT2D eigenvalue weighted by molar-refractivity contribution is 5.69. The van der Waals surface area contributed by atoms with Crippen LogP contribution >= 0.6 is 0 Å². The second-order valence-electron chi connectivity index (χ2n) is 4.28. The monoisotopic (exact) mass is 236 g/mol. The minimum Gasteiger partial charge on any atom is -0.481 e. The summed E-state index contributed by atoms with van der Waals surface area (Å²) in [6.07, 6.45) is 3.53. The highest BCUT2D eigenvalue weighted by atomic mass is 16.4. The van der Waals surface area contributed by atoms with Crippen molar-refractivity contribution in [2.24, 2.45) is 5.92 Å². The Kier molecular flexibility index (Phi) is 5.10. The van der Waals surface area contributed by atoms with Crippen molar-refractivity contribution >= 4 is 5.97 Å². The quantitative estimate of drug-likeness (QED) is 0.822. The first-order valence-corrected chi connectivity index (χ1v) is 5.93. The van der Waals surface area contributed by atoms with Gasteiger partial charge in [-0.05, 0) is 31.2 Å². The maximum atomic E-state index is 10.9. The summed E-state index contributed by atoms with van der Waals surface area (Å²) in [6.45, 7) is 7.28. The molecule has 1 rings (SSSR count). The minimum atomic E-state index is -0.745. The van der Waals surface area contributed by atoms with Crippen LogP contribution in [0.1, 0.15) is 32.4 Å². The maximum Gasteiger partial charge on any atom is 0.307 e. The van der Waals surface area contributed by atoms with Gasteiger partial charge in [-0.1, -0.05) is 13.8 Å². The fraction of sp³-hybridized carbons (Fsp3) is 0.538. The molecule has 0 amide bonds. The number of carboxylic acid groups (broad SMARTS) is 1. The smallest absolute Gasteiger partial charge is 0.307 e. The number of rotatable bonds is 6. The zero-order chi connectivity index (χ0) is 12.8. The third kappa shape index (κ3) is 3.82. The molecule has 0 fully saturated rings. The molecular weight excluding hydrogens is 216 g/mol. The van der Waals surface area contributed by atoms with Gasteiger partial charge in [0, 0.05) is 25.0 Å². The first kappa shape index (κ1) is 13.6. The second-order valence-corrected chi connectivity index (χ2v) is 4.28. The van der Waals surface area contributed by atoms with E-state index in [4.69, 9.17) is 5.11 Å². The molecule has 4 heteroatoms. The van der Waals surface area contributed by atoms with E-state index in [0.717, 1.165) is 6.54 Å². The molecule has 0 spiro atoms. The summed E-state index contributed by atoms with van der Waals surface area (Å²) in [5.41, 5.74) is 1.17. The Morgan fingerprint density at radius 3 is 2.47 bits per heavy atom. The van der Waals surface area contributed by atoms with Gasteiger partial charge >= 0.3 is 5.97 Å². The van der Waals surface area contributed by atoms with Gasteiger partial charge in [-0.2, -0.15) is 0 Å². The lowest BCUT2D eigenvalue weighted by molar-refractivity contribution is -0.141. The number of aromatic nitrogens is 1. The van der Waals surface area contributed by atoms with Crippen LogP contribution in [0.3, 0.4) is 0 Å². The molecule has 0 saturated heterocycles. The summed E-state index contributed by atoms with van der Waals surface area (Å²) in [5.74, 6) is -1.09. The van der Waals surface area contributed by atoms with Crippen LogP contribution in [0.5, 0.6) is 0 Å². The van der Waals surface area contributed by atoms with Gasteiger partial charge in [0.05, 0.1) is 5.92 Å². The Balaban J connectivity index is 2.71. The largest absolute Gasteiger partial charge is 0.481 e. The van der Waals surface area contributed by atoms with Crippen molar-refractivity contribution in [3.05, 3.63) is 30.1 Å². The van der Waals surface area contributed by atoms with E-state index in [9.17, 15) is 4.79 Å². The van der Waals surface area contributed by atoms with Crippen molar-refractivity contribution in [3.8, 4) is 0 Å². The molecule has 0 bridgehead atoms. The number of aliphatic carboxylic acids is 1. The molecule has 0 aliphatic rings. The Hall–Kier alpha value is -1.42. The third-order valence-electron chi connectivity index (χ3n) is 3.07. The minimum absolute atomic E-state index is 0.213. The number of carbonyl (C=O) groups is 1. The fourth-order valence-corrected chi connectivity index (χ4v) is 1.84. The SMILES string of the molecule is CCN(CC(C)C(=O)O)C(C)c1ccncc1. The zero-order valence-corrected chi connectivity index (χ0v) is 10.6. The van der Waals surface area contributed by atoms with Gasteiger partial charge < -0.3 is 5.11 Å². The summed E-state index contributed by atoms with van der Waals surface area (Å²) in [4.78, 5) is 17.0. The summed E-state index contributed by atoms with van der Waals surface area (Å²) in [6, 6.07) is 4.15. The average Bonchev–Trinajstić information content (AvgIpc) is 2.35. The summed E-state index contributed by atoms with van der Waals surface area (Å²) in [5, 5.41) is 8.94. The Bertz CT molecular complexity index is 354. The highest BCUT2D eigenvalue weighted by Crippen LogP contribution is 2.20. The Morgan fingerprint density at radius 2 is 2.00 bits per heavy atom. The number of hydrogen-bond acceptors (Lipinski definition) is 3. The van der Waals surface area contributed by atoms with Crippen LogP contribution in [0.15, 0.2) is 24.5 Å². The molecule has 1 aromatic heterocycles. The standard InChI is InChI=1S/C13H20N2O2/c1-4-15(9-10(2)13(16)17)11(3)12-5-7-14-8-6-12/h5-8,10-11H,4,9H2,1-3H3,(H,16,17). The van der Waals surface area contributed by atoms with Gasteiger partial charge in [-0.15, -0.1) is 0 Å². The van der Waals surface area contributed by atoms with Gasteiger partial charge in [0.1, 0.15) is 0 Å². The predicted octanol–water partition coefficient (Wildman–Crippen LogP) is 2.19. The molecular formula is C13H20N2O2. The van der Waals surface area contributed by atoms with E-state index < -0.39 is 5.97 Å². The van der Waals surface area contributed by atoms with Crippen molar-refractivity contribution in [3.63, 3.8) is 0 Å². The van der Waals surface area contributed by atoms with Crippen molar-refractivity contribution in [1.82, 2.24) is 9.88 Å². The van der Waals surface area contributed by atoms with Crippen LogP contribution in [0.25, 0.3) is 0 Å². The second kappa shape index (κ2) is 6.35. The molecule has 2 atom stereocenters. The molecule has 1 aromatic rings. The normalized spacial score (nSPS) is 14.6. The van der Waals surface area contributed by atoms with Crippen molar-refractivity contribution in [2.75, 3.05) is 13.1 Å². The summed E-state index contributed by atoms with van der Waals surface area (Å²) in [7, 11) is 0. The molecule has 0 aliphatic heterocycles. The summed E-state index contributed by atoms with van der Waals surface area (Å²) < 4.78 is 0. The number of nitrogens with zero attached hydrogens (tertiary/aromatic N) is 2. The molecule has 1 N–H and O–H groups in total. The average molecular weight is 236 g/mol. The van der Waals surface area contributed by atoms with E-state index in [1.54, 1.807) is 19.3 Å². The van der Waals surface area contributed by atoms with Crippen molar-refractivity contribution in [1.29, 1.82) is 0 Å². The third-order valence-corrected chi connectivity index (χ3v) is 3.07. The molecule has 2 unspecified atom stereocenters. The van der Waals surface area contributed by atoms with Crippen LogP contribution in [0.4, 0.5) is 0 Å². The van der Waals surface area contributed by atoms with Gasteiger partial charge in [-0.3, -0.25) is 14.7 Å². The van der Waals surface area contributed by atoms with Crippen LogP contribution in [0, 0.1) is 5.92 Å². The van der Waals surface area contributed by atoms with Crippen molar-refractivity contribution < 1.29 is 9.90 Å². The van der Waals surface area contributed by atoms with Crippen LogP contribution in [-0.4, -0.2) is 34.0 Å². The molecule has 0 radical (unpaired) electrons. The van der Waals surface area contributed by atoms with E-state index in [1.165, 1.54) is 5.56 Å². The Labute approximate surface area is 102 Å². The maximum absolute atomic E-state index is 10.9. The lowest BCUT2D eigenvalue weighted by atomic mass is 10.1. The number of hydrogen-bond donors (Lipinski definition) is 1. The van der Waals surface area contributed by atoms with Crippen LogP contribution in [0.2, 0.25) is 0 Å². The molecule has 0 aromatic carbocycles. The molecule has 0 aliphatic carbocycles. The van der Waals surface area contributed by atoms with Gasteiger partial charge in [0.15, 0.2) is 0 Å². The van der Waals surface area contributed by atoms with E-state index in [2.05, 4.69) is 16.8 Å².